The molecule has 2 atom stereocenters. The summed E-state index contributed by atoms with van der Waals surface area (Å²) in [6, 6.07) is 12.8. The summed E-state index contributed by atoms with van der Waals surface area (Å²) in [7, 11) is 0. The highest BCUT2D eigenvalue weighted by atomic mass is 16.5. The molecule has 0 saturated carbocycles. The molecule has 0 saturated heterocycles. The lowest BCUT2D eigenvalue weighted by atomic mass is 9.88. The molecule has 0 bridgehead atoms. The topological polar surface area (TPSA) is 129 Å². The van der Waals surface area contributed by atoms with Crippen molar-refractivity contribution in [3.63, 3.8) is 0 Å². The number of esters is 1. The summed E-state index contributed by atoms with van der Waals surface area (Å²) in [4.78, 5) is 28.1. The second kappa shape index (κ2) is 8.34. The number of hydrogen-bond acceptors (Lipinski definition) is 8. The molecule has 0 aliphatic carbocycles. The van der Waals surface area contributed by atoms with Crippen molar-refractivity contribution < 1.29 is 24.2 Å². The van der Waals surface area contributed by atoms with E-state index in [2.05, 4.69) is 20.5 Å². The molecule has 158 valence electrons. The first-order valence-corrected chi connectivity index (χ1v) is 9.59. The van der Waals surface area contributed by atoms with Crippen LogP contribution in [0.5, 0.6) is 11.5 Å². The third kappa shape index (κ3) is 3.87. The number of carboxylic acids is 1. The van der Waals surface area contributed by atoms with Crippen LogP contribution in [-0.2, 0) is 9.53 Å². The number of aliphatic carboxylic acids is 1. The van der Waals surface area contributed by atoms with Gasteiger partial charge >= 0.3 is 11.9 Å². The zero-order valence-corrected chi connectivity index (χ0v) is 16.8. The van der Waals surface area contributed by atoms with Gasteiger partial charge in [0.2, 0.25) is 0 Å². The van der Waals surface area contributed by atoms with E-state index < -0.39 is 23.9 Å². The van der Waals surface area contributed by atoms with E-state index in [-0.39, 0.29) is 5.95 Å². The Kier molecular flexibility index (Phi) is 5.44. The molecule has 1 aliphatic heterocycles. The Morgan fingerprint density at radius 3 is 2.58 bits per heavy atom. The molecule has 0 radical (unpaired) electrons. The Morgan fingerprint density at radius 1 is 1.13 bits per heavy atom. The highest BCUT2D eigenvalue weighted by molar-refractivity contribution is 6.02. The zero-order valence-electron chi connectivity index (χ0n) is 16.8. The van der Waals surface area contributed by atoms with Crippen molar-refractivity contribution in [2.75, 3.05) is 6.61 Å². The van der Waals surface area contributed by atoms with Crippen LogP contribution in [0.3, 0.4) is 0 Å². The van der Waals surface area contributed by atoms with E-state index in [4.69, 9.17) is 9.47 Å². The molecule has 2 unspecified atom stereocenters. The van der Waals surface area contributed by atoms with Gasteiger partial charge in [0.1, 0.15) is 23.5 Å². The second-order valence-corrected chi connectivity index (χ2v) is 6.82. The van der Waals surface area contributed by atoms with Crippen LogP contribution in [0.25, 0.3) is 0 Å². The van der Waals surface area contributed by atoms with Crippen LogP contribution < -0.4 is 4.74 Å². The number of hydrogen-bond donors (Lipinski definition) is 1. The summed E-state index contributed by atoms with van der Waals surface area (Å²) >= 11 is 0. The number of rotatable bonds is 6. The summed E-state index contributed by atoms with van der Waals surface area (Å²) in [5.74, 6) is -1.27. The lowest BCUT2D eigenvalue weighted by Crippen LogP contribution is -2.36. The van der Waals surface area contributed by atoms with E-state index in [1.807, 2.05) is 0 Å². The van der Waals surface area contributed by atoms with Gasteiger partial charge in [-0.05, 0) is 54.6 Å². The molecule has 0 fully saturated rings. The van der Waals surface area contributed by atoms with Crippen LogP contribution in [0.15, 0.2) is 53.5 Å². The number of carbonyl (C=O) groups is 2. The highest BCUT2D eigenvalue weighted by Crippen LogP contribution is 2.40. The minimum Gasteiger partial charge on any atom is -0.481 e. The first kappa shape index (κ1) is 20.2. The van der Waals surface area contributed by atoms with Crippen LogP contribution in [0.2, 0.25) is 0 Å². The number of ether oxygens (including phenoxy) is 2. The maximum absolute atomic E-state index is 12.1. The van der Waals surface area contributed by atoms with E-state index in [0.29, 0.717) is 34.9 Å². The minimum atomic E-state index is -1.04. The molecule has 0 amide bonds. The van der Waals surface area contributed by atoms with Crippen molar-refractivity contribution in [3.8, 4) is 11.5 Å². The fourth-order valence-corrected chi connectivity index (χ4v) is 3.48. The number of nitrogens with zero attached hydrogens (tertiary/aromatic N) is 5. The molecule has 1 N–H and O–H groups in total. The van der Waals surface area contributed by atoms with Gasteiger partial charge in [-0.15, -0.1) is 0 Å². The second-order valence-electron chi connectivity index (χ2n) is 6.82. The molecular formula is C21H19N5O5. The number of benzene rings is 2. The van der Waals surface area contributed by atoms with Gasteiger partial charge in [-0.2, -0.15) is 0 Å². The fourth-order valence-electron chi connectivity index (χ4n) is 3.48. The molecule has 2 aromatic carbocycles. The molecule has 4 rings (SSSR count). The first-order valence-electron chi connectivity index (χ1n) is 9.59. The molecule has 31 heavy (non-hydrogen) atoms. The lowest BCUT2D eigenvalue weighted by molar-refractivity contribution is -0.140. The van der Waals surface area contributed by atoms with Crippen LogP contribution in [0.4, 0.5) is 5.95 Å². The first-order chi connectivity index (χ1) is 15.0. The average molecular weight is 421 g/mol. The molecule has 2 heterocycles. The fraction of sp³-hybridized carbons (Fsp3) is 0.238. The Labute approximate surface area is 177 Å². The Balaban J connectivity index is 1.70. The van der Waals surface area contributed by atoms with Crippen LogP contribution >= 0.6 is 0 Å². The maximum atomic E-state index is 12.1. The predicted molar refractivity (Wildman–Crippen MR) is 109 cm³/mol. The molecule has 1 aliphatic rings. The monoisotopic (exact) mass is 421 g/mol. The van der Waals surface area contributed by atoms with Crippen molar-refractivity contribution in [1.29, 1.82) is 0 Å². The summed E-state index contributed by atoms with van der Waals surface area (Å²) in [6.45, 7) is 3.67. The summed E-state index contributed by atoms with van der Waals surface area (Å²) in [5, 5.41) is 21.3. The van der Waals surface area contributed by atoms with Crippen LogP contribution in [0.1, 0.15) is 35.8 Å². The van der Waals surface area contributed by atoms with Crippen molar-refractivity contribution in [2.45, 2.75) is 19.9 Å². The van der Waals surface area contributed by atoms with Gasteiger partial charge in [0.25, 0.3) is 5.95 Å². The molecule has 3 aromatic rings. The van der Waals surface area contributed by atoms with Gasteiger partial charge in [0.05, 0.1) is 12.2 Å². The average Bonchev–Trinajstić information content (AvgIpc) is 3.22. The summed E-state index contributed by atoms with van der Waals surface area (Å²) in [6.07, 6.45) is 0. The van der Waals surface area contributed by atoms with Gasteiger partial charge in [-0.25, -0.2) is 14.5 Å². The lowest BCUT2D eigenvalue weighted by Gasteiger charge is -2.28. The maximum Gasteiger partial charge on any atom is 0.338 e. The van der Waals surface area contributed by atoms with Crippen molar-refractivity contribution in [1.82, 2.24) is 20.2 Å². The van der Waals surface area contributed by atoms with Gasteiger partial charge < -0.3 is 14.6 Å². The third-order valence-electron chi connectivity index (χ3n) is 4.88. The largest absolute Gasteiger partial charge is 0.481 e. The number of aromatic nitrogens is 4. The van der Waals surface area contributed by atoms with Crippen LogP contribution in [0, 0.1) is 5.92 Å². The number of aliphatic imine (C=N–C) groups is 1. The van der Waals surface area contributed by atoms with E-state index in [1.165, 1.54) is 4.68 Å². The van der Waals surface area contributed by atoms with Crippen molar-refractivity contribution >= 4 is 23.6 Å². The van der Waals surface area contributed by atoms with Gasteiger partial charge in [-0.3, -0.25) is 4.79 Å². The van der Waals surface area contributed by atoms with Gasteiger partial charge in [-0.1, -0.05) is 23.3 Å². The zero-order chi connectivity index (χ0) is 22.0. The normalized spacial score (nSPS) is 17.4. The van der Waals surface area contributed by atoms with Gasteiger partial charge in [0.15, 0.2) is 0 Å². The number of para-hydroxylation sites is 1. The Bertz CT molecular complexity index is 1150. The molecule has 1 aromatic heterocycles. The summed E-state index contributed by atoms with van der Waals surface area (Å²) < 4.78 is 12.4. The molecular weight excluding hydrogens is 402 g/mol. The van der Waals surface area contributed by atoms with E-state index >= 15 is 0 Å². The third-order valence-corrected chi connectivity index (χ3v) is 4.88. The van der Waals surface area contributed by atoms with Crippen molar-refractivity contribution in [2.24, 2.45) is 10.9 Å². The minimum absolute atomic E-state index is 0.230. The molecule has 10 nitrogen and oxygen atoms in total. The van der Waals surface area contributed by atoms with E-state index in [1.54, 1.807) is 62.4 Å². The Morgan fingerprint density at radius 2 is 1.87 bits per heavy atom. The molecule has 0 spiro atoms. The van der Waals surface area contributed by atoms with E-state index in [0.717, 1.165) is 0 Å². The number of fused-ring (bicyclic) bond motifs is 1. The summed E-state index contributed by atoms with van der Waals surface area (Å²) in [5.41, 5.74) is 1.39. The highest BCUT2D eigenvalue weighted by Gasteiger charge is 2.40. The van der Waals surface area contributed by atoms with Gasteiger partial charge in [0, 0.05) is 11.3 Å². The van der Waals surface area contributed by atoms with Crippen LogP contribution in [-0.4, -0.2) is 49.6 Å². The number of tetrazole rings is 1. The Hall–Kier alpha value is -4.08. The number of carboxylic acid groups (broad SMARTS) is 1. The molecule has 10 heteroatoms. The smallest absolute Gasteiger partial charge is 0.338 e. The SMILES string of the molecule is CCOC(=O)c1ccc(Oc2ccccc2C2C(C(=O)O)C(C)=Nc3nnnn32)cc1. The predicted octanol–water partition coefficient (Wildman–Crippen LogP) is 3.04. The quantitative estimate of drug-likeness (QED) is 0.601. The van der Waals surface area contributed by atoms with Crippen molar-refractivity contribution in [3.05, 3.63) is 59.7 Å². The van der Waals surface area contributed by atoms with E-state index in [9.17, 15) is 14.7 Å². The standard InChI is InChI=1S/C21H19N5O5/c1-3-30-20(29)13-8-10-14(11-9-13)31-16-7-5-4-6-15(16)18-17(19(27)28)12(2)22-21-23-24-25-26(18)21/h4-11,17-18H,3H2,1-2H3,(H,27,28). The number of carbonyl (C=O) groups excluding carboxylic acids is 1.